The Labute approximate surface area is 155 Å². The van der Waals surface area contributed by atoms with Gasteiger partial charge in [-0.25, -0.2) is 0 Å². The minimum atomic E-state index is -0.113. The molecular weight excluding hydrogens is 340 g/mol. The summed E-state index contributed by atoms with van der Waals surface area (Å²) in [6.07, 6.45) is 5.35. The van der Waals surface area contributed by atoms with Crippen molar-refractivity contribution in [2.24, 2.45) is 7.05 Å². The zero-order valence-corrected chi connectivity index (χ0v) is 15.0. The summed E-state index contributed by atoms with van der Waals surface area (Å²) in [5.74, 6) is 0.794. The summed E-state index contributed by atoms with van der Waals surface area (Å²) < 4.78 is 13.5. The smallest absolute Gasteiger partial charge is 0.134 e. The first-order chi connectivity index (χ1) is 13.2. The molecule has 0 saturated heterocycles. The molecule has 0 amide bonds. The first kappa shape index (κ1) is 15.7. The number of rotatable bonds is 4. The van der Waals surface area contributed by atoms with Gasteiger partial charge in [0.15, 0.2) is 0 Å². The predicted octanol–water partition coefficient (Wildman–Crippen LogP) is 4.85. The number of H-pyrrole nitrogens is 1. The van der Waals surface area contributed by atoms with E-state index in [1.807, 2.05) is 62.8 Å². The number of aromatic nitrogens is 4. The van der Waals surface area contributed by atoms with Crippen LogP contribution in [0.4, 0.5) is 0 Å². The molecule has 0 bridgehead atoms. The molecule has 5 aromatic rings. The lowest BCUT2D eigenvalue weighted by Crippen LogP contribution is -2.03. The van der Waals surface area contributed by atoms with E-state index in [1.165, 1.54) is 0 Å². The van der Waals surface area contributed by atoms with Crippen LogP contribution in [0.3, 0.4) is 0 Å². The molecule has 0 radical (unpaired) electrons. The number of hydrogen-bond acceptors (Lipinski definition) is 4. The van der Waals surface area contributed by atoms with Crippen LogP contribution >= 0.6 is 0 Å². The van der Waals surface area contributed by atoms with Crippen molar-refractivity contribution in [3.63, 3.8) is 0 Å². The summed E-state index contributed by atoms with van der Waals surface area (Å²) in [6, 6.07) is 14.0. The van der Waals surface area contributed by atoms with Crippen molar-refractivity contribution in [1.29, 1.82) is 0 Å². The first-order valence-electron chi connectivity index (χ1n) is 8.79. The molecule has 0 aliphatic heterocycles. The number of ether oxygens (including phenoxy) is 1. The van der Waals surface area contributed by atoms with Crippen LogP contribution in [0.25, 0.3) is 33.1 Å². The number of nitrogens with one attached hydrogen (secondary N) is 1. The number of nitrogens with zero attached hydrogens (tertiary/aromatic N) is 3. The SMILES string of the molecule is CC(Oc1ccc2[nH]nc(-c3cnn(C)c3)c2c1)c1cccc2occc12. The molecular formula is C21H18N4O2. The molecule has 2 aromatic carbocycles. The quantitative estimate of drug-likeness (QED) is 0.499. The Morgan fingerprint density at radius 3 is 2.93 bits per heavy atom. The molecule has 3 heterocycles. The lowest BCUT2D eigenvalue weighted by Gasteiger charge is -2.16. The fourth-order valence-corrected chi connectivity index (χ4v) is 3.47. The molecule has 0 aliphatic rings. The highest BCUT2D eigenvalue weighted by molar-refractivity contribution is 5.93. The van der Waals surface area contributed by atoms with Gasteiger partial charge in [-0.2, -0.15) is 10.2 Å². The van der Waals surface area contributed by atoms with Crippen molar-refractivity contribution in [1.82, 2.24) is 20.0 Å². The highest BCUT2D eigenvalue weighted by Crippen LogP contribution is 2.32. The monoisotopic (exact) mass is 358 g/mol. The second-order valence-electron chi connectivity index (χ2n) is 6.62. The van der Waals surface area contributed by atoms with Crippen molar-refractivity contribution in [2.75, 3.05) is 0 Å². The zero-order chi connectivity index (χ0) is 18.4. The minimum Gasteiger partial charge on any atom is -0.486 e. The van der Waals surface area contributed by atoms with E-state index in [4.69, 9.17) is 9.15 Å². The average molecular weight is 358 g/mol. The first-order valence-corrected chi connectivity index (χ1v) is 8.79. The highest BCUT2D eigenvalue weighted by Gasteiger charge is 2.15. The highest BCUT2D eigenvalue weighted by atomic mass is 16.5. The second kappa shape index (κ2) is 6.02. The van der Waals surface area contributed by atoms with Gasteiger partial charge in [0.05, 0.1) is 18.0 Å². The Bertz CT molecular complexity index is 1250. The number of aromatic amines is 1. The topological polar surface area (TPSA) is 68.9 Å². The van der Waals surface area contributed by atoms with Gasteiger partial charge in [0.2, 0.25) is 0 Å². The Morgan fingerprint density at radius 2 is 2.07 bits per heavy atom. The maximum Gasteiger partial charge on any atom is 0.134 e. The van der Waals surface area contributed by atoms with Crippen LogP contribution in [0.2, 0.25) is 0 Å². The van der Waals surface area contributed by atoms with Crippen molar-refractivity contribution < 1.29 is 9.15 Å². The lowest BCUT2D eigenvalue weighted by atomic mass is 10.1. The Hall–Kier alpha value is -3.54. The van der Waals surface area contributed by atoms with E-state index in [2.05, 4.69) is 21.4 Å². The van der Waals surface area contributed by atoms with E-state index in [0.717, 1.165) is 44.4 Å². The van der Waals surface area contributed by atoms with E-state index in [9.17, 15) is 0 Å². The van der Waals surface area contributed by atoms with Gasteiger partial charge in [0.25, 0.3) is 0 Å². The molecule has 0 spiro atoms. The summed E-state index contributed by atoms with van der Waals surface area (Å²) in [6.45, 7) is 2.05. The second-order valence-corrected chi connectivity index (χ2v) is 6.62. The van der Waals surface area contributed by atoms with Crippen molar-refractivity contribution in [3.05, 3.63) is 66.7 Å². The number of furan rings is 1. The van der Waals surface area contributed by atoms with Crippen molar-refractivity contribution in [3.8, 4) is 17.0 Å². The van der Waals surface area contributed by atoms with Crippen LogP contribution in [0.5, 0.6) is 5.75 Å². The van der Waals surface area contributed by atoms with Gasteiger partial charge in [0.1, 0.15) is 23.1 Å². The summed E-state index contributed by atoms with van der Waals surface area (Å²) >= 11 is 0. The molecule has 0 fully saturated rings. The van der Waals surface area contributed by atoms with Crippen LogP contribution in [0.1, 0.15) is 18.6 Å². The van der Waals surface area contributed by atoms with E-state index >= 15 is 0 Å². The van der Waals surface area contributed by atoms with E-state index in [1.54, 1.807) is 10.9 Å². The van der Waals surface area contributed by atoms with E-state index < -0.39 is 0 Å². The summed E-state index contributed by atoms with van der Waals surface area (Å²) in [5, 5.41) is 13.8. The largest absolute Gasteiger partial charge is 0.486 e. The van der Waals surface area contributed by atoms with Gasteiger partial charge < -0.3 is 9.15 Å². The van der Waals surface area contributed by atoms with E-state index in [0.29, 0.717) is 0 Å². The number of fused-ring (bicyclic) bond motifs is 2. The Kier molecular flexibility index (Phi) is 3.50. The molecule has 3 aromatic heterocycles. The summed E-state index contributed by atoms with van der Waals surface area (Å²) in [7, 11) is 1.89. The van der Waals surface area contributed by atoms with Gasteiger partial charge in [0, 0.05) is 35.1 Å². The third kappa shape index (κ3) is 2.66. The molecule has 27 heavy (non-hydrogen) atoms. The number of hydrogen-bond donors (Lipinski definition) is 1. The summed E-state index contributed by atoms with van der Waals surface area (Å²) in [5.41, 5.74) is 4.77. The molecule has 5 rings (SSSR count). The van der Waals surface area contributed by atoms with Gasteiger partial charge >= 0.3 is 0 Å². The average Bonchev–Trinajstić information content (AvgIpc) is 3.39. The standard InChI is InChI=1S/C21H18N4O2/c1-13(16-4-3-5-20-17(16)8-9-26-20)27-15-6-7-19-18(10-15)21(24-23-19)14-11-22-25(2)12-14/h3-13H,1-2H3,(H,23,24). The molecule has 0 aliphatic carbocycles. The fraction of sp³-hybridized carbons (Fsp3) is 0.143. The van der Waals surface area contributed by atoms with Crippen molar-refractivity contribution >= 4 is 21.9 Å². The third-order valence-corrected chi connectivity index (χ3v) is 4.79. The maximum absolute atomic E-state index is 6.25. The molecule has 1 unspecified atom stereocenters. The van der Waals surface area contributed by atoms with Gasteiger partial charge in [-0.15, -0.1) is 0 Å². The molecule has 1 atom stereocenters. The molecule has 6 nitrogen and oxygen atoms in total. The number of aryl methyl sites for hydroxylation is 1. The molecule has 6 heteroatoms. The lowest BCUT2D eigenvalue weighted by molar-refractivity contribution is 0.229. The third-order valence-electron chi connectivity index (χ3n) is 4.79. The Balaban J connectivity index is 1.51. The molecule has 134 valence electrons. The molecule has 1 N–H and O–H groups in total. The normalized spacial score (nSPS) is 12.7. The molecule has 0 saturated carbocycles. The van der Waals surface area contributed by atoms with Gasteiger partial charge in [-0.05, 0) is 37.3 Å². The van der Waals surface area contributed by atoms with Gasteiger partial charge in [-0.1, -0.05) is 12.1 Å². The van der Waals surface area contributed by atoms with Crippen LogP contribution in [0.15, 0.2) is 65.5 Å². The maximum atomic E-state index is 6.25. The van der Waals surface area contributed by atoms with Gasteiger partial charge in [-0.3, -0.25) is 9.78 Å². The van der Waals surface area contributed by atoms with Crippen LogP contribution < -0.4 is 4.74 Å². The predicted molar refractivity (Wildman–Crippen MR) is 104 cm³/mol. The number of benzene rings is 2. The summed E-state index contributed by atoms with van der Waals surface area (Å²) in [4.78, 5) is 0. The Morgan fingerprint density at radius 1 is 1.15 bits per heavy atom. The van der Waals surface area contributed by atoms with Crippen molar-refractivity contribution in [2.45, 2.75) is 13.0 Å². The van der Waals surface area contributed by atoms with Crippen LogP contribution in [-0.4, -0.2) is 20.0 Å². The fourth-order valence-electron chi connectivity index (χ4n) is 3.47. The minimum absolute atomic E-state index is 0.113. The zero-order valence-electron chi connectivity index (χ0n) is 15.0. The van der Waals surface area contributed by atoms with E-state index in [-0.39, 0.29) is 6.10 Å². The van der Waals surface area contributed by atoms with Crippen LogP contribution in [0, 0.1) is 0 Å². The van der Waals surface area contributed by atoms with Crippen LogP contribution in [-0.2, 0) is 7.05 Å².